The van der Waals surface area contributed by atoms with E-state index in [1.807, 2.05) is 0 Å². The first-order valence-corrected chi connectivity index (χ1v) is 5.49. The molecule has 100 valence electrons. The van der Waals surface area contributed by atoms with E-state index in [-0.39, 0.29) is 23.7 Å². The molecule has 0 bridgehead atoms. The van der Waals surface area contributed by atoms with Gasteiger partial charge in [-0.15, -0.1) is 0 Å². The van der Waals surface area contributed by atoms with Gasteiger partial charge < -0.3 is 15.4 Å². The molecule has 1 rings (SSSR count). The van der Waals surface area contributed by atoms with Crippen LogP contribution in [0.1, 0.15) is 5.56 Å². The maximum Gasteiger partial charge on any atom is 0.239 e. The van der Waals surface area contributed by atoms with Gasteiger partial charge in [-0.2, -0.15) is 0 Å². The SMILES string of the molecule is COCCNC(=O)CNc1cc(F)c(C)cc1F. The van der Waals surface area contributed by atoms with E-state index < -0.39 is 11.6 Å². The van der Waals surface area contributed by atoms with E-state index in [0.29, 0.717) is 13.2 Å². The highest BCUT2D eigenvalue weighted by Crippen LogP contribution is 2.18. The molecule has 0 aliphatic rings. The van der Waals surface area contributed by atoms with Crippen LogP contribution >= 0.6 is 0 Å². The highest BCUT2D eigenvalue weighted by atomic mass is 19.1. The molecule has 0 fully saturated rings. The topological polar surface area (TPSA) is 50.4 Å². The van der Waals surface area contributed by atoms with Gasteiger partial charge in [-0.25, -0.2) is 8.78 Å². The quantitative estimate of drug-likeness (QED) is 0.759. The lowest BCUT2D eigenvalue weighted by Gasteiger charge is -2.09. The first kappa shape index (κ1) is 14.4. The number of ether oxygens (including phenoxy) is 1. The van der Waals surface area contributed by atoms with Gasteiger partial charge in [0.2, 0.25) is 5.91 Å². The summed E-state index contributed by atoms with van der Waals surface area (Å²) in [6.45, 7) is 2.13. The molecule has 0 aliphatic heterocycles. The highest BCUT2D eigenvalue weighted by Gasteiger charge is 2.08. The maximum absolute atomic E-state index is 13.4. The van der Waals surface area contributed by atoms with Crippen LogP contribution in [0.15, 0.2) is 12.1 Å². The standard InChI is InChI=1S/C12H16F2N2O2/c1-8-5-10(14)11(6-9(8)13)16-7-12(17)15-3-4-18-2/h5-6,16H,3-4,7H2,1-2H3,(H,15,17). The Morgan fingerprint density at radius 1 is 1.33 bits per heavy atom. The Bertz CT molecular complexity index is 425. The molecule has 0 unspecified atom stereocenters. The van der Waals surface area contributed by atoms with Crippen LogP contribution in [0.4, 0.5) is 14.5 Å². The highest BCUT2D eigenvalue weighted by molar-refractivity contribution is 5.80. The zero-order valence-corrected chi connectivity index (χ0v) is 10.3. The number of rotatable bonds is 6. The Kier molecular flexibility index (Phi) is 5.51. The summed E-state index contributed by atoms with van der Waals surface area (Å²) in [7, 11) is 1.52. The predicted molar refractivity (Wildman–Crippen MR) is 64.5 cm³/mol. The van der Waals surface area contributed by atoms with E-state index in [4.69, 9.17) is 4.74 Å². The van der Waals surface area contributed by atoms with Gasteiger partial charge in [0.15, 0.2) is 0 Å². The predicted octanol–water partition coefficient (Wildman–Crippen LogP) is 1.45. The van der Waals surface area contributed by atoms with E-state index in [2.05, 4.69) is 10.6 Å². The monoisotopic (exact) mass is 258 g/mol. The molecule has 0 radical (unpaired) electrons. The minimum Gasteiger partial charge on any atom is -0.383 e. The van der Waals surface area contributed by atoms with Crippen molar-refractivity contribution < 1.29 is 18.3 Å². The number of hydrogen-bond acceptors (Lipinski definition) is 3. The van der Waals surface area contributed by atoms with Crippen molar-refractivity contribution in [2.75, 3.05) is 32.1 Å². The average molecular weight is 258 g/mol. The molecule has 0 aromatic heterocycles. The molecule has 1 aromatic rings. The van der Waals surface area contributed by atoms with Gasteiger partial charge in [0.25, 0.3) is 0 Å². The van der Waals surface area contributed by atoms with Crippen molar-refractivity contribution in [3.8, 4) is 0 Å². The molecule has 0 saturated heterocycles. The summed E-state index contributed by atoms with van der Waals surface area (Å²) in [4.78, 5) is 11.3. The van der Waals surface area contributed by atoms with Crippen molar-refractivity contribution in [2.24, 2.45) is 0 Å². The van der Waals surface area contributed by atoms with Crippen molar-refractivity contribution in [2.45, 2.75) is 6.92 Å². The fraction of sp³-hybridized carbons (Fsp3) is 0.417. The first-order chi connectivity index (χ1) is 8.54. The minimum atomic E-state index is -0.585. The Balaban J connectivity index is 2.48. The van der Waals surface area contributed by atoms with Gasteiger partial charge in [-0.05, 0) is 18.6 Å². The number of anilines is 1. The van der Waals surface area contributed by atoms with Crippen LogP contribution in [-0.4, -0.2) is 32.7 Å². The van der Waals surface area contributed by atoms with Crippen LogP contribution in [-0.2, 0) is 9.53 Å². The van der Waals surface area contributed by atoms with Crippen LogP contribution in [0.3, 0.4) is 0 Å². The van der Waals surface area contributed by atoms with E-state index >= 15 is 0 Å². The molecule has 0 atom stereocenters. The van der Waals surface area contributed by atoms with Crippen molar-refractivity contribution in [3.05, 3.63) is 29.3 Å². The molecule has 1 amide bonds. The third kappa shape index (κ3) is 4.29. The zero-order chi connectivity index (χ0) is 13.5. The Labute approximate surface area is 104 Å². The summed E-state index contributed by atoms with van der Waals surface area (Å²) in [6, 6.07) is 2.12. The van der Waals surface area contributed by atoms with Crippen LogP contribution in [0.2, 0.25) is 0 Å². The number of nitrogens with one attached hydrogen (secondary N) is 2. The van der Waals surface area contributed by atoms with Crippen molar-refractivity contribution >= 4 is 11.6 Å². The molecule has 0 saturated carbocycles. The number of benzene rings is 1. The van der Waals surface area contributed by atoms with E-state index in [1.165, 1.54) is 14.0 Å². The number of carbonyl (C=O) groups is 1. The van der Waals surface area contributed by atoms with E-state index in [9.17, 15) is 13.6 Å². The normalized spacial score (nSPS) is 10.2. The Hall–Kier alpha value is -1.69. The van der Waals surface area contributed by atoms with Crippen LogP contribution in [0.25, 0.3) is 0 Å². The fourth-order valence-corrected chi connectivity index (χ4v) is 1.31. The molecule has 0 heterocycles. The number of amides is 1. The summed E-state index contributed by atoms with van der Waals surface area (Å²) < 4.78 is 31.4. The smallest absolute Gasteiger partial charge is 0.239 e. The van der Waals surface area contributed by atoms with Crippen LogP contribution in [0, 0.1) is 18.6 Å². The number of carbonyl (C=O) groups excluding carboxylic acids is 1. The fourth-order valence-electron chi connectivity index (χ4n) is 1.31. The Morgan fingerprint density at radius 3 is 2.72 bits per heavy atom. The summed E-state index contributed by atoms with van der Waals surface area (Å²) in [5.74, 6) is -1.41. The van der Waals surface area contributed by atoms with E-state index in [1.54, 1.807) is 0 Å². The average Bonchev–Trinajstić information content (AvgIpc) is 2.32. The number of halogens is 2. The molecular weight excluding hydrogens is 242 g/mol. The first-order valence-electron chi connectivity index (χ1n) is 5.49. The maximum atomic E-state index is 13.4. The van der Waals surface area contributed by atoms with Crippen molar-refractivity contribution in [1.82, 2.24) is 5.32 Å². The van der Waals surface area contributed by atoms with Crippen LogP contribution < -0.4 is 10.6 Å². The van der Waals surface area contributed by atoms with Gasteiger partial charge >= 0.3 is 0 Å². The number of methoxy groups -OCH3 is 1. The lowest BCUT2D eigenvalue weighted by molar-refractivity contribution is -0.119. The second-order valence-electron chi connectivity index (χ2n) is 3.78. The lowest BCUT2D eigenvalue weighted by Crippen LogP contribution is -2.32. The molecular formula is C12H16F2N2O2. The third-order valence-electron chi connectivity index (χ3n) is 2.32. The summed E-state index contributed by atoms with van der Waals surface area (Å²) in [5, 5.41) is 5.10. The lowest BCUT2D eigenvalue weighted by atomic mass is 10.2. The number of aryl methyl sites for hydroxylation is 1. The number of hydrogen-bond donors (Lipinski definition) is 2. The molecule has 1 aromatic carbocycles. The van der Waals surface area contributed by atoms with Gasteiger partial charge in [0.1, 0.15) is 11.6 Å². The second-order valence-corrected chi connectivity index (χ2v) is 3.78. The largest absolute Gasteiger partial charge is 0.383 e. The minimum absolute atomic E-state index is 0.0278. The molecule has 0 aliphatic carbocycles. The molecule has 18 heavy (non-hydrogen) atoms. The van der Waals surface area contributed by atoms with Crippen molar-refractivity contribution in [3.63, 3.8) is 0 Å². The van der Waals surface area contributed by atoms with Crippen molar-refractivity contribution in [1.29, 1.82) is 0 Å². The molecule has 6 heteroatoms. The van der Waals surface area contributed by atoms with Gasteiger partial charge in [0, 0.05) is 19.7 Å². The second kappa shape index (κ2) is 6.90. The van der Waals surface area contributed by atoms with Gasteiger partial charge in [0.05, 0.1) is 18.8 Å². The Morgan fingerprint density at radius 2 is 2.06 bits per heavy atom. The molecule has 2 N–H and O–H groups in total. The summed E-state index contributed by atoms with van der Waals surface area (Å²) in [6.07, 6.45) is 0. The van der Waals surface area contributed by atoms with Gasteiger partial charge in [-0.3, -0.25) is 4.79 Å². The van der Waals surface area contributed by atoms with Gasteiger partial charge in [-0.1, -0.05) is 0 Å². The van der Waals surface area contributed by atoms with Crippen LogP contribution in [0.5, 0.6) is 0 Å². The van der Waals surface area contributed by atoms with E-state index in [0.717, 1.165) is 12.1 Å². The summed E-state index contributed by atoms with van der Waals surface area (Å²) in [5.41, 5.74) is 0.197. The molecule has 0 spiro atoms. The molecule has 4 nitrogen and oxygen atoms in total. The summed E-state index contributed by atoms with van der Waals surface area (Å²) >= 11 is 0. The third-order valence-corrected chi connectivity index (χ3v) is 2.32. The zero-order valence-electron chi connectivity index (χ0n) is 10.3.